The van der Waals surface area contributed by atoms with E-state index in [9.17, 15) is 8.42 Å². The third-order valence-corrected chi connectivity index (χ3v) is 6.58. The Morgan fingerprint density at radius 2 is 1.78 bits per heavy atom. The number of anilines is 1. The summed E-state index contributed by atoms with van der Waals surface area (Å²) in [5, 5.41) is 3.06. The monoisotopic (exact) mass is 265 g/mol. The van der Waals surface area contributed by atoms with Crippen molar-refractivity contribution in [3.05, 3.63) is 24.3 Å². The first-order valence-electron chi connectivity index (χ1n) is 6.76. The first-order chi connectivity index (χ1) is 8.69. The average molecular weight is 265 g/mol. The van der Waals surface area contributed by atoms with Gasteiger partial charge in [-0.15, -0.1) is 0 Å². The van der Waals surface area contributed by atoms with E-state index in [1.165, 1.54) is 19.3 Å². The molecule has 18 heavy (non-hydrogen) atoms. The van der Waals surface area contributed by atoms with Gasteiger partial charge in [-0.2, -0.15) is 0 Å². The van der Waals surface area contributed by atoms with Crippen molar-refractivity contribution in [2.75, 3.05) is 11.9 Å². The van der Waals surface area contributed by atoms with Gasteiger partial charge in [0.1, 0.15) is 0 Å². The number of nitrogens with one attached hydrogen (secondary N) is 1. The molecule has 1 fully saturated rings. The molecule has 1 N–H and O–H groups in total. The molecule has 1 aromatic rings. The van der Waals surface area contributed by atoms with Crippen molar-refractivity contribution in [2.24, 2.45) is 5.92 Å². The van der Waals surface area contributed by atoms with Gasteiger partial charge in [-0.05, 0) is 30.9 Å². The molecule has 98 valence electrons. The Hall–Kier alpha value is -1.03. The quantitative estimate of drug-likeness (QED) is 0.849. The van der Waals surface area contributed by atoms with E-state index in [2.05, 4.69) is 5.32 Å². The number of para-hydroxylation sites is 1. The van der Waals surface area contributed by atoms with Crippen molar-refractivity contribution in [1.29, 1.82) is 0 Å². The summed E-state index contributed by atoms with van der Waals surface area (Å²) in [4.78, 5) is 0.492. The Balaban J connectivity index is 1.95. The van der Waals surface area contributed by atoms with Crippen molar-refractivity contribution >= 4 is 15.5 Å². The summed E-state index contributed by atoms with van der Waals surface area (Å²) in [6, 6.07) is 7.26. The summed E-state index contributed by atoms with van der Waals surface area (Å²) in [6.07, 6.45) is 5.74. The summed E-state index contributed by atoms with van der Waals surface area (Å²) < 4.78 is 25.3. The summed E-state index contributed by atoms with van der Waals surface area (Å²) >= 11 is 0. The van der Waals surface area contributed by atoms with Crippen LogP contribution in [0.3, 0.4) is 0 Å². The molecule has 0 bridgehead atoms. The lowest BCUT2D eigenvalue weighted by Crippen LogP contribution is -2.40. The highest BCUT2D eigenvalue weighted by Gasteiger charge is 2.39. The van der Waals surface area contributed by atoms with E-state index in [0.29, 0.717) is 17.4 Å². The minimum atomic E-state index is -3.14. The second-order valence-corrected chi connectivity index (χ2v) is 7.49. The van der Waals surface area contributed by atoms with Gasteiger partial charge in [0.15, 0.2) is 9.84 Å². The molecule has 1 heterocycles. The van der Waals surface area contributed by atoms with Crippen molar-refractivity contribution in [3.63, 3.8) is 0 Å². The van der Waals surface area contributed by atoms with E-state index in [4.69, 9.17) is 0 Å². The maximum Gasteiger partial charge on any atom is 0.185 e. The van der Waals surface area contributed by atoms with Gasteiger partial charge in [0.25, 0.3) is 0 Å². The van der Waals surface area contributed by atoms with Gasteiger partial charge in [-0.25, -0.2) is 8.42 Å². The third-order valence-electron chi connectivity index (χ3n) is 4.26. The zero-order chi connectivity index (χ0) is 12.6. The number of fused-ring (bicyclic) bond motifs is 1. The van der Waals surface area contributed by atoms with Gasteiger partial charge in [0, 0.05) is 6.54 Å². The first kappa shape index (κ1) is 12.0. The fourth-order valence-electron chi connectivity index (χ4n) is 3.27. The number of sulfone groups is 1. The van der Waals surface area contributed by atoms with Crippen LogP contribution in [-0.4, -0.2) is 20.2 Å². The zero-order valence-electron chi connectivity index (χ0n) is 10.4. The molecular formula is C14H19NO2S. The van der Waals surface area contributed by atoms with Gasteiger partial charge in [0.05, 0.1) is 15.8 Å². The minimum absolute atomic E-state index is 0.229. The second-order valence-electron chi connectivity index (χ2n) is 5.36. The highest BCUT2D eigenvalue weighted by atomic mass is 32.2. The minimum Gasteiger partial charge on any atom is -0.383 e. The molecule has 0 saturated heterocycles. The lowest BCUT2D eigenvalue weighted by molar-refractivity contribution is 0.343. The molecule has 1 aliphatic heterocycles. The van der Waals surface area contributed by atoms with Crippen LogP contribution >= 0.6 is 0 Å². The van der Waals surface area contributed by atoms with Crippen LogP contribution in [-0.2, 0) is 9.84 Å². The molecule has 0 spiro atoms. The number of hydrogen-bond donors (Lipinski definition) is 1. The van der Waals surface area contributed by atoms with Crippen LogP contribution in [0.2, 0.25) is 0 Å². The SMILES string of the molecule is O=S1(=O)c2ccccc2NCC1C1CCCCC1. The predicted molar refractivity (Wildman–Crippen MR) is 72.5 cm³/mol. The van der Waals surface area contributed by atoms with Crippen LogP contribution in [0.25, 0.3) is 0 Å². The number of benzene rings is 1. The van der Waals surface area contributed by atoms with Gasteiger partial charge >= 0.3 is 0 Å². The second kappa shape index (κ2) is 4.57. The van der Waals surface area contributed by atoms with Crippen molar-refractivity contribution in [2.45, 2.75) is 42.2 Å². The number of hydrogen-bond acceptors (Lipinski definition) is 3. The van der Waals surface area contributed by atoms with Gasteiger partial charge < -0.3 is 5.32 Å². The normalized spacial score (nSPS) is 27.2. The smallest absolute Gasteiger partial charge is 0.185 e. The van der Waals surface area contributed by atoms with E-state index in [1.54, 1.807) is 12.1 Å². The molecule has 4 heteroatoms. The molecule has 1 saturated carbocycles. The summed E-state index contributed by atoms with van der Waals surface area (Å²) in [6.45, 7) is 0.573. The molecule has 2 aliphatic rings. The molecule has 1 aromatic carbocycles. The van der Waals surface area contributed by atoms with Crippen molar-refractivity contribution in [3.8, 4) is 0 Å². The van der Waals surface area contributed by atoms with Crippen molar-refractivity contribution in [1.82, 2.24) is 0 Å². The average Bonchev–Trinajstić information content (AvgIpc) is 2.40. The lowest BCUT2D eigenvalue weighted by Gasteiger charge is -2.34. The maximum absolute atomic E-state index is 12.7. The van der Waals surface area contributed by atoms with Crippen LogP contribution in [0.1, 0.15) is 32.1 Å². The van der Waals surface area contributed by atoms with E-state index < -0.39 is 9.84 Å². The Labute approximate surface area is 109 Å². The maximum atomic E-state index is 12.7. The highest BCUT2D eigenvalue weighted by Crippen LogP contribution is 2.37. The molecule has 0 amide bonds. The zero-order valence-corrected chi connectivity index (χ0v) is 11.2. The van der Waals surface area contributed by atoms with Crippen LogP contribution in [0.4, 0.5) is 5.69 Å². The molecule has 0 radical (unpaired) electrons. The summed E-state index contributed by atoms with van der Waals surface area (Å²) in [5.74, 6) is 0.338. The molecule has 0 aromatic heterocycles. The summed E-state index contributed by atoms with van der Waals surface area (Å²) in [7, 11) is -3.14. The van der Waals surface area contributed by atoms with E-state index in [0.717, 1.165) is 18.5 Å². The fraction of sp³-hybridized carbons (Fsp3) is 0.571. The Morgan fingerprint density at radius 1 is 1.06 bits per heavy atom. The lowest BCUT2D eigenvalue weighted by atomic mass is 9.86. The van der Waals surface area contributed by atoms with Crippen LogP contribution in [0, 0.1) is 5.92 Å². The number of rotatable bonds is 1. The van der Waals surface area contributed by atoms with E-state index in [-0.39, 0.29) is 5.25 Å². The standard InChI is InChI=1S/C14H19NO2S/c16-18(17)13-9-5-4-8-12(13)15-10-14(18)11-6-2-1-3-7-11/h4-5,8-9,11,14-15H,1-3,6-7,10H2. The Bertz CT molecular complexity index is 532. The largest absolute Gasteiger partial charge is 0.383 e. The van der Waals surface area contributed by atoms with Gasteiger partial charge in [-0.1, -0.05) is 31.4 Å². The van der Waals surface area contributed by atoms with Gasteiger partial charge in [-0.3, -0.25) is 0 Å². The first-order valence-corrected chi connectivity index (χ1v) is 8.31. The molecule has 1 aliphatic carbocycles. The molecule has 1 atom stereocenters. The Kier molecular flexibility index (Phi) is 3.06. The molecule has 1 unspecified atom stereocenters. The van der Waals surface area contributed by atoms with Crippen LogP contribution < -0.4 is 5.32 Å². The Morgan fingerprint density at radius 3 is 2.56 bits per heavy atom. The van der Waals surface area contributed by atoms with Crippen LogP contribution in [0.15, 0.2) is 29.2 Å². The highest BCUT2D eigenvalue weighted by molar-refractivity contribution is 7.92. The molecule has 3 nitrogen and oxygen atoms in total. The van der Waals surface area contributed by atoms with Crippen molar-refractivity contribution < 1.29 is 8.42 Å². The van der Waals surface area contributed by atoms with Gasteiger partial charge in [0.2, 0.25) is 0 Å². The fourth-order valence-corrected chi connectivity index (χ4v) is 5.39. The molecular weight excluding hydrogens is 246 g/mol. The van der Waals surface area contributed by atoms with E-state index in [1.807, 2.05) is 12.1 Å². The van der Waals surface area contributed by atoms with E-state index >= 15 is 0 Å². The third kappa shape index (κ3) is 1.92. The predicted octanol–water partition coefficient (Wildman–Crippen LogP) is 2.83. The summed E-state index contributed by atoms with van der Waals surface area (Å²) in [5.41, 5.74) is 0.768. The topological polar surface area (TPSA) is 46.2 Å². The molecule has 3 rings (SSSR count). The van der Waals surface area contributed by atoms with Crippen LogP contribution in [0.5, 0.6) is 0 Å².